The van der Waals surface area contributed by atoms with Crippen LogP contribution in [0.25, 0.3) is 0 Å². The van der Waals surface area contributed by atoms with E-state index in [0.717, 1.165) is 23.1 Å². The summed E-state index contributed by atoms with van der Waals surface area (Å²) in [7, 11) is 0. The highest BCUT2D eigenvalue weighted by molar-refractivity contribution is 9.10. The van der Waals surface area contributed by atoms with Crippen LogP contribution in [-0.2, 0) is 4.74 Å². The Morgan fingerprint density at radius 1 is 1.50 bits per heavy atom. The Morgan fingerprint density at radius 2 is 2.30 bits per heavy atom. The Morgan fingerprint density at radius 3 is 2.95 bits per heavy atom. The van der Waals surface area contributed by atoms with E-state index in [1.807, 2.05) is 6.07 Å². The van der Waals surface area contributed by atoms with Crippen molar-refractivity contribution in [2.75, 3.05) is 18.5 Å². The average molecular weight is 341 g/mol. The van der Waals surface area contributed by atoms with Gasteiger partial charge in [-0.2, -0.15) is 0 Å². The third-order valence-corrected chi connectivity index (χ3v) is 4.44. The molecule has 0 spiro atoms. The third kappa shape index (κ3) is 3.52. The van der Waals surface area contributed by atoms with Crippen LogP contribution in [0.15, 0.2) is 22.7 Å². The SMILES string of the molecule is CCOC(=O)c1ccc(NC2CCCC2CN)c(Br)c1. The van der Waals surface area contributed by atoms with Crippen LogP contribution in [-0.4, -0.2) is 25.2 Å². The maximum Gasteiger partial charge on any atom is 0.338 e. The monoisotopic (exact) mass is 340 g/mol. The van der Waals surface area contributed by atoms with Crippen molar-refractivity contribution < 1.29 is 9.53 Å². The number of nitrogens with two attached hydrogens (primary N) is 1. The van der Waals surface area contributed by atoms with Crippen LogP contribution in [0.3, 0.4) is 0 Å². The molecule has 2 unspecified atom stereocenters. The molecule has 0 saturated heterocycles. The second kappa shape index (κ2) is 7.09. The fourth-order valence-electron chi connectivity index (χ4n) is 2.68. The van der Waals surface area contributed by atoms with Gasteiger partial charge in [0.25, 0.3) is 0 Å². The first kappa shape index (κ1) is 15.3. The lowest BCUT2D eigenvalue weighted by molar-refractivity contribution is 0.0526. The summed E-state index contributed by atoms with van der Waals surface area (Å²) in [5, 5.41) is 3.53. The minimum atomic E-state index is -0.291. The zero-order valence-electron chi connectivity index (χ0n) is 11.7. The highest BCUT2D eigenvalue weighted by Crippen LogP contribution is 2.31. The largest absolute Gasteiger partial charge is 0.462 e. The molecular weight excluding hydrogens is 320 g/mol. The summed E-state index contributed by atoms with van der Waals surface area (Å²) in [6, 6.07) is 5.93. The maximum absolute atomic E-state index is 11.7. The molecule has 4 nitrogen and oxygen atoms in total. The van der Waals surface area contributed by atoms with Crippen LogP contribution in [0.1, 0.15) is 36.5 Å². The topological polar surface area (TPSA) is 64.3 Å². The number of ether oxygens (including phenoxy) is 1. The van der Waals surface area contributed by atoms with Crippen molar-refractivity contribution in [3.05, 3.63) is 28.2 Å². The van der Waals surface area contributed by atoms with E-state index in [9.17, 15) is 4.79 Å². The van der Waals surface area contributed by atoms with E-state index in [1.54, 1.807) is 19.1 Å². The van der Waals surface area contributed by atoms with E-state index in [4.69, 9.17) is 10.5 Å². The van der Waals surface area contributed by atoms with Gasteiger partial charge in [-0.1, -0.05) is 6.42 Å². The molecule has 0 aliphatic heterocycles. The number of carbonyl (C=O) groups is 1. The van der Waals surface area contributed by atoms with Crippen molar-refractivity contribution in [3.63, 3.8) is 0 Å². The van der Waals surface area contributed by atoms with Gasteiger partial charge in [0, 0.05) is 16.2 Å². The van der Waals surface area contributed by atoms with Crippen LogP contribution < -0.4 is 11.1 Å². The Labute approximate surface area is 128 Å². The first-order valence-corrected chi connectivity index (χ1v) is 7.88. The maximum atomic E-state index is 11.7. The molecule has 110 valence electrons. The summed E-state index contributed by atoms with van der Waals surface area (Å²) in [5.74, 6) is 0.243. The van der Waals surface area contributed by atoms with Crippen LogP contribution in [0.4, 0.5) is 5.69 Å². The van der Waals surface area contributed by atoms with Gasteiger partial charge in [-0.3, -0.25) is 0 Å². The van der Waals surface area contributed by atoms with Crippen LogP contribution in [0.5, 0.6) is 0 Å². The number of hydrogen-bond donors (Lipinski definition) is 2. The van der Waals surface area contributed by atoms with E-state index in [-0.39, 0.29) is 5.97 Å². The van der Waals surface area contributed by atoms with Gasteiger partial charge in [0.2, 0.25) is 0 Å². The van der Waals surface area contributed by atoms with Crippen LogP contribution in [0, 0.1) is 5.92 Å². The lowest BCUT2D eigenvalue weighted by Gasteiger charge is -2.21. The van der Waals surface area contributed by atoms with Gasteiger partial charge in [-0.25, -0.2) is 4.79 Å². The number of hydrogen-bond acceptors (Lipinski definition) is 4. The minimum Gasteiger partial charge on any atom is -0.462 e. The molecule has 1 aliphatic rings. The van der Waals surface area contributed by atoms with Gasteiger partial charge in [0.15, 0.2) is 0 Å². The Balaban J connectivity index is 2.08. The highest BCUT2D eigenvalue weighted by Gasteiger charge is 2.26. The normalized spacial score (nSPS) is 21.8. The molecule has 3 N–H and O–H groups in total. The van der Waals surface area contributed by atoms with Crippen molar-refractivity contribution in [2.24, 2.45) is 11.7 Å². The molecule has 0 bridgehead atoms. The molecule has 1 fully saturated rings. The van der Waals surface area contributed by atoms with Gasteiger partial charge in [-0.15, -0.1) is 0 Å². The van der Waals surface area contributed by atoms with Gasteiger partial charge in [-0.05, 0) is 66.4 Å². The lowest BCUT2D eigenvalue weighted by Crippen LogP contribution is -2.29. The molecule has 1 aliphatic carbocycles. The number of anilines is 1. The van der Waals surface area contributed by atoms with E-state index < -0.39 is 0 Å². The van der Waals surface area contributed by atoms with Crippen molar-refractivity contribution in [1.29, 1.82) is 0 Å². The number of carbonyl (C=O) groups excluding carboxylic acids is 1. The molecule has 0 heterocycles. The molecule has 2 rings (SSSR count). The molecular formula is C15H21BrN2O2. The standard InChI is InChI=1S/C15H21BrN2O2/c1-2-20-15(19)10-6-7-14(12(16)8-10)18-13-5-3-4-11(13)9-17/h6-8,11,13,18H,2-5,9,17H2,1H3. The minimum absolute atomic E-state index is 0.291. The zero-order chi connectivity index (χ0) is 14.5. The lowest BCUT2D eigenvalue weighted by atomic mass is 10.0. The Kier molecular flexibility index (Phi) is 5.43. The number of nitrogens with one attached hydrogen (secondary N) is 1. The van der Waals surface area contributed by atoms with E-state index in [2.05, 4.69) is 21.2 Å². The molecule has 1 saturated carbocycles. The molecule has 5 heteroatoms. The summed E-state index contributed by atoms with van der Waals surface area (Å²) in [6.45, 7) is 2.91. The quantitative estimate of drug-likeness (QED) is 0.808. The number of halogens is 1. The smallest absolute Gasteiger partial charge is 0.338 e. The summed E-state index contributed by atoms with van der Waals surface area (Å²) in [6.07, 6.45) is 3.55. The molecule has 0 radical (unpaired) electrons. The van der Waals surface area contributed by atoms with Crippen molar-refractivity contribution in [2.45, 2.75) is 32.2 Å². The highest BCUT2D eigenvalue weighted by atomic mass is 79.9. The second-order valence-electron chi connectivity index (χ2n) is 5.09. The summed E-state index contributed by atoms with van der Waals surface area (Å²) < 4.78 is 5.87. The first-order valence-electron chi connectivity index (χ1n) is 7.09. The van der Waals surface area contributed by atoms with Crippen molar-refractivity contribution in [3.8, 4) is 0 Å². The fourth-order valence-corrected chi connectivity index (χ4v) is 3.18. The molecule has 20 heavy (non-hydrogen) atoms. The molecule has 1 aromatic carbocycles. The Hall–Kier alpha value is -1.07. The predicted octanol–water partition coefficient (Wildman–Crippen LogP) is 3.17. The van der Waals surface area contributed by atoms with Crippen molar-refractivity contribution in [1.82, 2.24) is 0 Å². The van der Waals surface area contributed by atoms with Gasteiger partial charge in [0.05, 0.1) is 12.2 Å². The average Bonchev–Trinajstić information content (AvgIpc) is 2.88. The number of rotatable bonds is 5. The number of esters is 1. The second-order valence-corrected chi connectivity index (χ2v) is 5.95. The first-order chi connectivity index (χ1) is 9.65. The van der Waals surface area contributed by atoms with E-state index >= 15 is 0 Å². The van der Waals surface area contributed by atoms with Gasteiger partial charge in [0.1, 0.15) is 0 Å². The van der Waals surface area contributed by atoms with Crippen molar-refractivity contribution >= 4 is 27.6 Å². The summed E-state index contributed by atoms with van der Waals surface area (Å²) in [4.78, 5) is 11.7. The van der Waals surface area contributed by atoms with E-state index in [1.165, 1.54) is 12.8 Å². The number of benzene rings is 1. The molecule has 0 aromatic heterocycles. The van der Waals surface area contributed by atoms with Gasteiger partial charge < -0.3 is 15.8 Å². The predicted molar refractivity (Wildman–Crippen MR) is 83.9 cm³/mol. The summed E-state index contributed by atoms with van der Waals surface area (Å²) in [5.41, 5.74) is 7.36. The third-order valence-electron chi connectivity index (χ3n) is 3.78. The van der Waals surface area contributed by atoms with Gasteiger partial charge >= 0.3 is 5.97 Å². The van der Waals surface area contributed by atoms with Crippen LogP contribution in [0.2, 0.25) is 0 Å². The fraction of sp³-hybridized carbons (Fsp3) is 0.533. The zero-order valence-corrected chi connectivity index (χ0v) is 13.3. The molecule has 1 aromatic rings. The Bertz CT molecular complexity index is 479. The molecule has 2 atom stereocenters. The van der Waals surface area contributed by atoms with E-state index in [0.29, 0.717) is 24.1 Å². The molecule has 0 amide bonds. The summed E-state index contributed by atoms with van der Waals surface area (Å²) >= 11 is 3.51. The van der Waals surface area contributed by atoms with Crippen LogP contribution >= 0.6 is 15.9 Å².